The zero-order valence-corrected chi connectivity index (χ0v) is 9.56. The average molecular weight is 231 g/mol. The maximum Gasteiger partial charge on any atom is 0.371 e. The fourth-order valence-electron chi connectivity index (χ4n) is 2.41. The summed E-state index contributed by atoms with van der Waals surface area (Å²) in [4.78, 5) is 13.0. The van der Waals surface area contributed by atoms with Gasteiger partial charge in [0, 0.05) is 30.7 Å². The minimum atomic E-state index is -1.02. The summed E-state index contributed by atoms with van der Waals surface area (Å²) in [5, 5.41) is 9.77. The van der Waals surface area contributed by atoms with Crippen LogP contribution in [-0.2, 0) is 6.42 Å². The van der Waals surface area contributed by atoms with Gasteiger partial charge in [0.15, 0.2) is 0 Å². The monoisotopic (exact) mass is 231 g/mol. The van der Waals surface area contributed by atoms with Crippen LogP contribution in [0.2, 0.25) is 0 Å². The molecule has 0 radical (unpaired) electrons. The summed E-state index contributed by atoms with van der Waals surface area (Å²) < 4.78 is 5.32. The van der Waals surface area contributed by atoms with Gasteiger partial charge in [-0.05, 0) is 30.5 Å². The Morgan fingerprint density at radius 2 is 2.24 bits per heavy atom. The first-order valence-electron chi connectivity index (χ1n) is 5.66. The van der Waals surface area contributed by atoms with E-state index in [1.54, 1.807) is 6.07 Å². The van der Waals surface area contributed by atoms with E-state index in [-0.39, 0.29) is 5.76 Å². The molecule has 0 saturated carbocycles. The van der Waals surface area contributed by atoms with Crippen molar-refractivity contribution in [2.45, 2.75) is 12.8 Å². The zero-order chi connectivity index (χ0) is 12.0. The lowest BCUT2D eigenvalue weighted by Crippen LogP contribution is -2.24. The van der Waals surface area contributed by atoms with Crippen molar-refractivity contribution in [1.82, 2.24) is 0 Å². The van der Waals surface area contributed by atoms with Crippen LogP contribution < -0.4 is 4.90 Å². The number of benzene rings is 1. The number of fused-ring (bicyclic) bond motifs is 2. The number of anilines is 1. The van der Waals surface area contributed by atoms with E-state index in [2.05, 4.69) is 4.90 Å². The molecule has 1 aliphatic rings. The van der Waals surface area contributed by atoms with Gasteiger partial charge in [0.25, 0.3) is 0 Å². The van der Waals surface area contributed by atoms with Crippen molar-refractivity contribution < 1.29 is 14.3 Å². The molecule has 88 valence electrons. The molecule has 0 spiro atoms. The van der Waals surface area contributed by atoms with E-state index in [0.717, 1.165) is 30.5 Å². The Kier molecular flexibility index (Phi) is 2.11. The van der Waals surface area contributed by atoms with Crippen LogP contribution in [0, 0.1) is 0 Å². The Bertz CT molecular complexity index is 600. The van der Waals surface area contributed by atoms with Gasteiger partial charge in [-0.1, -0.05) is 0 Å². The topological polar surface area (TPSA) is 53.7 Å². The summed E-state index contributed by atoms with van der Waals surface area (Å²) in [6, 6.07) is 5.57. The van der Waals surface area contributed by atoms with Crippen molar-refractivity contribution in [2.24, 2.45) is 0 Å². The van der Waals surface area contributed by atoms with Gasteiger partial charge in [-0.3, -0.25) is 0 Å². The van der Waals surface area contributed by atoms with Crippen LogP contribution in [0.5, 0.6) is 0 Å². The molecule has 0 saturated heterocycles. The van der Waals surface area contributed by atoms with Crippen molar-refractivity contribution in [3.05, 3.63) is 29.5 Å². The molecule has 1 aromatic carbocycles. The first-order valence-corrected chi connectivity index (χ1v) is 5.66. The Balaban J connectivity index is 2.21. The van der Waals surface area contributed by atoms with Crippen molar-refractivity contribution in [2.75, 3.05) is 18.5 Å². The number of hydrogen-bond donors (Lipinski definition) is 1. The lowest BCUT2D eigenvalue weighted by atomic mass is 10.0. The van der Waals surface area contributed by atoms with E-state index in [0.29, 0.717) is 5.58 Å². The number of aryl methyl sites for hydroxylation is 1. The smallest absolute Gasteiger partial charge is 0.371 e. The maximum atomic E-state index is 10.9. The summed E-state index contributed by atoms with van der Waals surface area (Å²) in [7, 11) is 2.05. The summed E-state index contributed by atoms with van der Waals surface area (Å²) in [5.74, 6) is -1.02. The van der Waals surface area contributed by atoms with E-state index in [4.69, 9.17) is 9.52 Å². The third-order valence-electron chi connectivity index (χ3n) is 3.28. The van der Waals surface area contributed by atoms with Gasteiger partial charge >= 0.3 is 5.97 Å². The van der Waals surface area contributed by atoms with Gasteiger partial charge in [0.05, 0.1) is 0 Å². The zero-order valence-electron chi connectivity index (χ0n) is 9.56. The highest BCUT2D eigenvalue weighted by molar-refractivity contribution is 5.93. The van der Waals surface area contributed by atoms with Gasteiger partial charge < -0.3 is 14.4 Å². The second-order valence-electron chi connectivity index (χ2n) is 4.46. The number of carbonyl (C=O) groups is 1. The fraction of sp³-hybridized carbons (Fsp3) is 0.308. The summed E-state index contributed by atoms with van der Waals surface area (Å²) in [6.45, 7) is 1.03. The molecule has 0 amide bonds. The van der Waals surface area contributed by atoms with Gasteiger partial charge in [-0.2, -0.15) is 0 Å². The van der Waals surface area contributed by atoms with E-state index in [1.165, 1.54) is 5.56 Å². The Hall–Kier alpha value is -1.97. The molecule has 17 heavy (non-hydrogen) atoms. The second kappa shape index (κ2) is 3.52. The fourth-order valence-corrected chi connectivity index (χ4v) is 2.41. The molecule has 4 nitrogen and oxygen atoms in total. The number of aromatic carboxylic acids is 1. The number of hydrogen-bond acceptors (Lipinski definition) is 3. The van der Waals surface area contributed by atoms with Crippen molar-refractivity contribution >= 4 is 22.6 Å². The highest BCUT2D eigenvalue weighted by Gasteiger charge is 2.17. The van der Waals surface area contributed by atoms with Crippen LogP contribution in [0.1, 0.15) is 22.5 Å². The van der Waals surface area contributed by atoms with Crippen LogP contribution in [0.4, 0.5) is 5.69 Å². The molecule has 0 unspecified atom stereocenters. The summed E-state index contributed by atoms with van der Waals surface area (Å²) in [5.41, 5.74) is 3.06. The minimum absolute atomic E-state index is 0.00463. The molecule has 1 aromatic heterocycles. The highest BCUT2D eigenvalue weighted by atomic mass is 16.4. The molecule has 0 atom stereocenters. The first-order chi connectivity index (χ1) is 8.15. The van der Waals surface area contributed by atoms with E-state index in [9.17, 15) is 4.79 Å². The van der Waals surface area contributed by atoms with Crippen LogP contribution in [0.3, 0.4) is 0 Å². The molecule has 0 aliphatic carbocycles. The molecular weight excluding hydrogens is 218 g/mol. The molecular formula is C13H13NO3. The van der Waals surface area contributed by atoms with Crippen LogP contribution in [0.15, 0.2) is 22.6 Å². The lowest BCUT2D eigenvalue weighted by molar-refractivity contribution is 0.0665. The van der Waals surface area contributed by atoms with Gasteiger partial charge in [-0.25, -0.2) is 4.79 Å². The van der Waals surface area contributed by atoms with Crippen LogP contribution >= 0.6 is 0 Å². The Morgan fingerprint density at radius 1 is 1.41 bits per heavy atom. The number of furan rings is 1. The standard InChI is InChI=1S/C13H13NO3/c1-14-4-2-3-8-5-9-6-12(13(15)16)17-11(9)7-10(8)14/h5-7H,2-4H2,1H3,(H,15,16). The van der Waals surface area contributed by atoms with E-state index in [1.807, 2.05) is 19.2 Å². The van der Waals surface area contributed by atoms with Crippen molar-refractivity contribution in [3.63, 3.8) is 0 Å². The number of carboxylic acid groups (broad SMARTS) is 1. The van der Waals surface area contributed by atoms with Gasteiger partial charge in [0.1, 0.15) is 5.58 Å². The van der Waals surface area contributed by atoms with Gasteiger partial charge in [-0.15, -0.1) is 0 Å². The molecule has 4 heteroatoms. The molecule has 1 N–H and O–H groups in total. The summed E-state index contributed by atoms with van der Waals surface area (Å²) >= 11 is 0. The average Bonchev–Trinajstić information content (AvgIpc) is 2.70. The first kappa shape index (κ1) is 10.2. The third-order valence-corrected chi connectivity index (χ3v) is 3.28. The van der Waals surface area contributed by atoms with Crippen LogP contribution in [-0.4, -0.2) is 24.7 Å². The normalized spacial score (nSPS) is 15.0. The van der Waals surface area contributed by atoms with Crippen molar-refractivity contribution in [1.29, 1.82) is 0 Å². The predicted octanol–water partition coefficient (Wildman–Crippen LogP) is 2.51. The molecule has 0 fully saturated rings. The van der Waals surface area contributed by atoms with E-state index < -0.39 is 5.97 Å². The summed E-state index contributed by atoms with van der Waals surface area (Å²) in [6.07, 6.45) is 2.18. The van der Waals surface area contributed by atoms with E-state index >= 15 is 0 Å². The molecule has 0 bridgehead atoms. The molecule has 2 aromatic rings. The number of rotatable bonds is 1. The predicted molar refractivity (Wildman–Crippen MR) is 64.8 cm³/mol. The van der Waals surface area contributed by atoms with Crippen LogP contribution in [0.25, 0.3) is 11.0 Å². The third kappa shape index (κ3) is 1.56. The number of carboxylic acids is 1. The molecule has 2 heterocycles. The second-order valence-corrected chi connectivity index (χ2v) is 4.46. The highest BCUT2D eigenvalue weighted by Crippen LogP contribution is 2.32. The quantitative estimate of drug-likeness (QED) is 0.819. The SMILES string of the molecule is CN1CCCc2cc3cc(C(=O)O)oc3cc21. The number of nitrogens with zero attached hydrogens (tertiary/aromatic N) is 1. The Morgan fingerprint density at radius 3 is 3.00 bits per heavy atom. The maximum absolute atomic E-state index is 10.9. The van der Waals surface area contributed by atoms with Gasteiger partial charge in [0.2, 0.25) is 5.76 Å². The molecule has 3 rings (SSSR count). The lowest BCUT2D eigenvalue weighted by Gasteiger charge is -2.27. The Labute approximate surface area is 98.4 Å². The largest absolute Gasteiger partial charge is 0.475 e. The minimum Gasteiger partial charge on any atom is -0.475 e. The van der Waals surface area contributed by atoms with Crippen molar-refractivity contribution in [3.8, 4) is 0 Å². The molecule has 1 aliphatic heterocycles.